The number of carbonyl (C=O) groups excluding carboxylic acids is 2. The van der Waals surface area contributed by atoms with Gasteiger partial charge < -0.3 is 10.2 Å². The minimum atomic E-state index is -0.908. The molecule has 0 aromatic heterocycles. The number of hydrogen-bond donors (Lipinski definition) is 1. The van der Waals surface area contributed by atoms with Gasteiger partial charge >= 0.3 is 0 Å². The largest absolute Gasteiger partial charge is 0.340 e. The lowest BCUT2D eigenvalue weighted by molar-refractivity contribution is -0.153. The maximum Gasteiger partial charge on any atom is 0.249 e. The fourth-order valence-electron chi connectivity index (χ4n) is 2.94. The van der Waals surface area contributed by atoms with Crippen molar-refractivity contribution in [2.24, 2.45) is 0 Å². The predicted octanol–water partition coefficient (Wildman–Crippen LogP) is 0.415. The Morgan fingerprint density at radius 1 is 1.37 bits per heavy atom. The van der Waals surface area contributed by atoms with Crippen molar-refractivity contribution in [3.63, 3.8) is 0 Å². The summed E-state index contributed by atoms with van der Waals surface area (Å²) in [6.45, 7) is 4.02. The first-order valence-electron chi connectivity index (χ1n) is 6.98. The molecule has 5 nitrogen and oxygen atoms in total. The normalized spacial score (nSPS) is 27.7. The highest BCUT2D eigenvalue weighted by Gasteiger charge is 2.50. The summed E-state index contributed by atoms with van der Waals surface area (Å²) in [4.78, 5) is 26.3. The van der Waals surface area contributed by atoms with Gasteiger partial charge in [0, 0.05) is 28.9 Å². The second-order valence-corrected chi connectivity index (χ2v) is 7.25. The Morgan fingerprint density at radius 3 is 2.58 bits per heavy atom. The number of piperazine rings is 1. The lowest BCUT2D eigenvalue weighted by Crippen LogP contribution is -2.69. The molecule has 0 aromatic carbocycles. The van der Waals surface area contributed by atoms with E-state index in [9.17, 15) is 13.8 Å². The third kappa shape index (κ3) is 2.68. The lowest BCUT2D eigenvalue weighted by atomic mass is 9.91. The molecular formula is C13H22N2O3S. The number of amides is 2. The van der Waals surface area contributed by atoms with Gasteiger partial charge in [0.2, 0.25) is 11.8 Å². The van der Waals surface area contributed by atoms with E-state index < -0.39 is 22.4 Å². The minimum Gasteiger partial charge on any atom is -0.340 e. The first-order chi connectivity index (χ1) is 9.00. The summed E-state index contributed by atoms with van der Waals surface area (Å²) in [6, 6.07) is -0.451. The molecule has 2 atom stereocenters. The van der Waals surface area contributed by atoms with Gasteiger partial charge in [-0.2, -0.15) is 0 Å². The van der Waals surface area contributed by atoms with Crippen LogP contribution in [0.15, 0.2) is 0 Å². The SMILES string of the molecule is CCS(=O)CCN1C(=O)C2(CCCC2)NC(=O)C1C. The standard InChI is InChI=1S/C13H22N2O3S/c1-3-19(18)9-8-15-10(2)11(16)14-13(12(15)17)6-4-5-7-13/h10H,3-9H2,1-2H3,(H,14,16). The molecule has 1 aliphatic carbocycles. The highest BCUT2D eigenvalue weighted by atomic mass is 32.2. The van der Waals surface area contributed by atoms with Crippen LogP contribution in [-0.4, -0.2) is 50.6 Å². The second-order valence-electron chi connectivity index (χ2n) is 5.39. The molecule has 1 spiro atoms. The molecule has 2 amide bonds. The van der Waals surface area contributed by atoms with E-state index in [0.29, 0.717) is 18.1 Å². The molecule has 2 rings (SSSR count). The number of carbonyl (C=O) groups is 2. The third-order valence-corrected chi connectivity index (χ3v) is 5.50. The molecule has 2 unspecified atom stereocenters. The Labute approximate surface area is 116 Å². The Balaban J connectivity index is 2.12. The summed E-state index contributed by atoms with van der Waals surface area (Å²) >= 11 is 0. The van der Waals surface area contributed by atoms with Crippen molar-refractivity contribution in [1.29, 1.82) is 0 Å². The molecule has 108 valence electrons. The Bertz CT molecular complexity index is 405. The van der Waals surface area contributed by atoms with Crippen LogP contribution >= 0.6 is 0 Å². The monoisotopic (exact) mass is 286 g/mol. The van der Waals surface area contributed by atoms with E-state index in [1.807, 2.05) is 6.92 Å². The quantitative estimate of drug-likeness (QED) is 0.814. The molecule has 0 aromatic rings. The van der Waals surface area contributed by atoms with Gasteiger partial charge in [0.05, 0.1) is 0 Å². The lowest BCUT2D eigenvalue weighted by Gasteiger charge is -2.43. The van der Waals surface area contributed by atoms with E-state index in [-0.39, 0.29) is 11.8 Å². The molecule has 1 N–H and O–H groups in total. The van der Waals surface area contributed by atoms with E-state index in [0.717, 1.165) is 25.7 Å². The maximum atomic E-state index is 12.6. The van der Waals surface area contributed by atoms with Gasteiger partial charge in [-0.05, 0) is 19.8 Å². The van der Waals surface area contributed by atoms with Crippen LogP contribution in [0.25, 0.3) is 0 Å². The molecule has 0 radical (unpaired) electrons. The summed E-state index contributed by atoms with van der Waals surface area (Å²) in [6.07, 6.45) is 3.43. The Morgan fingerprint density at radius 2 is 2.00 bits per heavy atom. The van der Waals surface area contributed by atoms with Crippen LogP contribution in [0.1, 0.15) is 39.5 Å². The van der Waals surface area contributed by atoms with Gasteiger partial charge in [-0.3, -0.25) is 13.8 Å². The summed E-state index contributed by atoms with van der Waals surface area (Å²) in [7, 11) is -0.908. The van der Waals surface area contributed by atoms with Crippen LogP contribution in [0, 0.1) is 0 Å². The molecule has 2 fully saturated rings. The molecular weight excluding hydrogens is 264 g/mol. The smallest absolute Gasteiger partial charge is 0.249 e. The van der Waals surface area contributed by atoms with Crippen LogP contribution < -0.4 is 5.32 Å². The summed E-state index contributed by atoms with van der Waals surface area (Å²) < 4.78 is 11.5. The highest BCUT2D eigenvalue weighted by molar-refractivity contribution is 7.84. The van der Waals surface area contributed by atoms with Crippen LogP contribution in [0.3, 0.4) is 0 Å². The summed E-state index contributed by atoms with van der Waals surface area (Å²) in [5.41, 5.74) is -0.669. The maximum absolute atomic E-state index is 12.6. The number of hydrogen-bond acceptors (Lipinski definition) is 3. The fraction of sp³-hybridized carbons (Fsp3) is 0.846. The van der Waals surface area contributed by atoms with Crippen molar-refractivity contribution in [3.8, 4) is 0 Å². The van der Waals surface area contributed by atoms with E-state index in [1.165, 1.54) is 0 Å². The first kappa shape index (κ1) is 14.5. The predicted molar refractivity (Wildman–Crippen MR) is 74.1 cm³/mol. The second kappa shape index (κ2) is 5.61. The highest BCUT2D eigenvalue weighted by Crippen LogP contribution is 2.34. The Hall–Kier alpha value is -0.910. The van der Waals surface area contributed by atoms with Gasteiger partial charge in [0.15, 0.2) is 0 Å². The molecule has 0 bridgehead atoms. The van der Waals surface area contributed by atoms with E-state index in [2.05, 4.69) is 5.32 Å². The van der Waals surface area contributed by atoms with Gasteiger partial charge in [-0.1, -0.05) is 19.8 Å². The van der Waals surface area contributed by atoms with E-state index >= 15 is 0 Å². The van der Waals surface area contributed by atoms with Crippen LogP contribution in [-0.2, 0) is 20.4 Å². The van der Waals surface area contributed by atoms with E-state index in [4.69, 9.17) is 0 Å². The minimum absolute atomic E-state index is 0.0187. The van der Waals surface area contributed by atoms with Gasteiger partial charge in [-0.15, -0.1) is 0 Å². The van der Waals surface area contributed by atoms with Crippen LogP contribution in [0.2, 0.25) is 0 Å². The zero-order valence-electron chi connectivity index (χ0n) is 11.6. The number of nitrogens with one attached hydrogen (secondary N) is 1. The van der Waals surface area contributed by atoms with Crippen LogP contribution in [0.4, 0.5) is 0 Å². The molecule has 19 heavy (non-hydrogen) atoms. The average molecular weight is 286 g/mol. The van der Waals surface area contributed by atoms with Crippen molar-refractivity contribution in [1.82, 2.24) is 10.2 Å². The number of rotatable bonds is 4. The fourth-order valence-corrected chi connectivity index (χ4v) is 3.63. The van der Waals surface area contributed by atoms with Gasteiger partial charge in [0.25, 0.3) is 0 Å². The summed E-state index contributed by atoms with van der Waals surface area (Å²) in [5, 5.41) is 2.92. The van der Waals surface area contributed by atoms with Gasteiger partial charge in [-0.25, -0.2) is 0 Å². The Kier molecular flexibility index (Phi) is 4.28. The first-order valence-corrected chi connectivity index (χ1v) is 8.47. The molecule has 1 saturated heterocycles. The zero-order chi connectivity index (χ0) is 14.0. The van der Waals surface area contributed by atoms with Crippen LogP contribution in [0.5, 0.6) is 0 Å². The molecule has 1 heterocycles. The van der Waals surface area contributed by atoms with E-state index in [1.54, 1.807) is 11.8 Å². The van der Waals surface area contributed by atoms with Crippen molar-refractivity contribution in [2.45, 2.75) is 51.1 Å². The average Bonchev–Trinajstić information content (AvgIpc) is 2.86. The topological polar surface area (TPSA) is 66.5 Å². The number of nitrogens with zero attached hydrogens (tertiary/aromatic N) is 1. The summed E-state index contributed by atoms with van der Waals surface area (Å²) in [5.74, 6) is 0.984. The van der Waals surface area contributed by atoms with Crippen molar-refractivity contribution < 1.29 is 13.8 Å². The molecule has 1 saturated carbocycles. The van der Waals surface area contributed by atoms with Crippen molar-refractivity contribution in [3.05, 3.63) is 0 Å². The molecule has 1 aliphatic heterocycles. The van der Waals surface area contributed by atoms with Gasteiger partial charge in [0.1, 0.15) is 11.6 Å². The molecule has 6 heteroatoms. The van der Waals surface area contributed by atoms with Crippen molar-refractivity contribution in [2.75, 3.05) is 18.1 Å². The zero-order valence-corrected chi connectivity index (χ0v) is 12.4. The third-order valence-electron chi connectivity index (χ3n) is 4.22. The van der Waals surface area contributed by atoms with Crippen molar-refractivity contribution >= 4 is 22.6 Å². The molecule has 2 aliphatic rings.